The Morgan fingerprint density at radius 3 is 2.37 bits per heavy atom. The van der Waals surface area contributed by atoms with Crippen molar-refractivity contribution in [3.8, 4) is 23.0 Å². The Hall–Kier alpha value is -3.67. The molecule has 0 aliphatic carbocycles. The molecule has 6 nitrogen and oxygen atoms in total. The molecule has 4 N–H and O–H groups in total. The molecule has 0 radical (unpaired) electrons. The van der Waals surface area contributed by atoms with Gasteiger partial charge in [0, 0.05) is 18.6 Å². The lowest BCUT2D eigenvalue weighted by Gasteiger charge is -2.28. The summed E-state index contributed by atoms with van der Waals surface area (Å²) in [4.78, 5) is 0. The number of para-hydroxylation sites is 1. The van der Waals surface area contributed by atoms with Crippen molar-refractivity contribution in [1.82, 2.24) is 0 Å². The van der Waals surface area contributed by atoms with Crippen molar-refractivity contribution in [2.24, 2.45) is 5.10 Å². The highest BCUT2D eigenvalue weighted by atomic mass is 16.5. The van der Waals surface area contributed by atoms with Gasteiger partial charge in [0.05, 0.1) is 17.0 Å². The summed E-state index contributed by atoms with van der Waals surface area (Å²) in [7, 11) is 0. The Bertz CT molecular complexity index is 985. The number of fused-ring (bicyclic) bond motifs is 1. The SMILES string of the molecule is Oc1ccc([C@@H]2C/C(=N\Nc3ccccc3)c3c(O)cc(O)cc3O2)cc1. The zero-order chi connectivity index (χ0) is 18.8. The van der Waals surface area contributed by atoms with E-state index >= 15 is 0 Å². The van der Waals surface area contributed by atoms with E-state index in [9.17, 15) is 15.3 Å². The summed E-state index contributed by atoms with van der Waals surface area (Å²) in [6, 6.07) is 18.9. The van der Waals surface area contributed by atoms with E-state index in [1.54, 1.807) is 24.3 Å². The van der Waals surface area contributed by atoms with Gasteiger partial charge in [0.15, 0.2) is 0 Å². The van der Waals surface area contributed by atoms with Gasteiger partial charge in [-0.05, 0) is 29.8 Å². The van der Waals surface area contributed by atoms with Gasteiger partial charge in [0.25, 0.3) is 0 Å². The fourth-order valence-electron chi connectivity index (χ4n) is 3.06. The minimum atomic E-state index is -0.365. The Balaban J connectivity index is 1.73. The maximum absolute atomic E-state index is 10.3. The van der Waals surface area contributed by atoms with Crippen LogP contribution in [0, 0.1) is 0 Å². The summed E-state index contributed by atoms with van der Waals surface area (Å²) >= 11 is 0. The van der Waals surface area contributed by atoms with Crippen LogP contribution in [0.15, 0.2) is 71.8 Å². The molecule has 0 bridgehead atoms. The van der Waals surface area contributed by atoms with E-state index in [4.69, 9.17) is 4.74 Å². The second-order valence-electron chi connectivity index (χ2n) is 6.28. The molecule has 0 saturated heterocycles. The Morgan fingerprint density at radius 2 is 1.63 bits per heavy atom. The van der Waals surface area contributed by atoms with Gasteiger partial charge in [-0.25, -0.2) is 0 Å². The molecule has 136 valence electrons. The van der Waals surface area contributed by atoms with E-state index in [0.717, 1.165) is 11.3 Å². The van der Waals surface area contributed by atoms with Gasteiger partial charge in [-0.2, -0.15) is 5.10 Å². The number of benzene rings is 3. The third-order valence-corrected chi connectivity index (χ3v) is 4.36. The first-order valence-corrected chi connectivity index (χ1v) is 8.50. The van der Waals surface area contributed by atoms with Crippen LogP contribution >= 0.6 is 0 Å². The van der Waals surface area contributed by atoms with E-state index in [0.29, 0.717) is 23.4 Å². The predicted molar refractivity (Wildman–Crippen MR) is 102 cm³/mol. The van der Waals surface area contributed by atoms with Crippen LogP contribution in [0.3, 0.4) is 0 Å². The van der Waals surface area contributed by atoms with E-state index in [-0.39, 0.29) is 23.4 Å². The standard InChI is InChI=1S/C21H18N2O4/c24-15-8-6-13(7-9-15)19-12-17(23-22-14-4-2-1-3-5-14)21-18(26)10-16(25)11-20(21)27-19/h1-11,19,22,24-26H,12H2/b23-17+/t19-/m0/s1. The minimum Gasteiger partial charge on any atom is -0.508 e. The second-order valence-corrected chi connectivity index (χ2v) is 6.28. The van der Waals surface area contributed by atoms with Crippen molar-refractivity contribution in [3.63, 3.8) is 0 Å². The number of nitrogens with zero attached hydrogens (tertiary/aromatic N) is 1. The lowest BCUT2D eigenvalue weighted by Crippen LogP contribution is -2.22. The molecule has 1 heterocycles. The van der Waals surface area contributed by atoms with E-state index in [1.165, 1.54) is 12.1 Å². The van der Waals surface area contributed by atoms with Crippen LogP contribution in [0.25, 0.3) is 0 Å². The van der Waals surface area contributed by atoms with Crippen LogP contribution in [0.5, 0.6) is 23.0 Å². The lowest BCUT2D eigenvalue weighted by atomic mass is 9.94. The molecule has 3 aromatic carbocycles. The smallest absolute Gasteiger partial charge is 0.136 e. The number of ether oxygens (including phenoxy) is 1. The molecule has 1 atom stereocenters. The van der Waals surface area contributed by atoms with Gasteiger partial charge in [0.1, 0.15) is 29.1 Å². The molecule has 0 unspecified atom stereocenters. The molecule has 0 aromatic heterocycles. The third-order valence-electron chi connectivity index (χ3n) is 4.36. The summed E-state index contributed by atoms with van der Waals surface area (Å²) in [5.41, 5.74) is 5.73. The number of phenolic OH excluding ortho intramolecular Hbond substituents is 3. The van der Waals surface area contributed by atoms with Crippen molar-refractivity contribution >= 4 is 11.4 Å². The molecule has 0 spiro atoms. The van der Waals surface area contributed by atoms with E-state index < -0.39 is 0 Å². The molecule has 4 rings (SSSR count). The molecule has 0 saturated carbocycles. The van der Waals surface area contributed by atoms with Crippen LogP contribution in [0.1, 0.15) is 23.7 Å². The number of nitrogens with one attached hydrogen (secondary N) is 1. The van der Waals surface area contributed by atoms with Crippen molar-refractivity contribution in [3.05, 3.63) is 77.9 Å². The van der Waals surface area contributed by atoms with Gasteiger partial charge in [-0.3, -0.25) is 5.43 Å². The molecule has 0 fully saturated rings. The number of phenols is 3. The summed E-state index contributed by atoms with van der Waals surface area (Å²) in [5.74, 6) is 0.339. The Labute approximate surface area is 156 Å². The summed E-state index contributed by atoms with van der Waals surface area (Å²) in [6.07, 6.45) is 0.0475. The van der Waals surface area contributed by atoms with Gasteiger partial charge >= 0.3 is 0 Å². The Morgan fingerprint density at radius 1 is 0.889 bits per heavy atom. The third kappa shape index (κ3) is 3.50. The zero-order valence-corrected chi connectivity index (χ0v) is 14.3. The van der Waals surface area contributed by atoms with Gasteiger partial charge in [-0.1, -0.05) is 30.3 Å². The molecule has 0 amide bonds. The first kappa shape index (κ1) is 16.8. The summed E-state index contributed by atoms with van der Waals surface area (Å²) in [5, 5.41) is 34.1. The number of anilines is 1. The molecule has 6 heteroatoms. The van der Waals surface area contributed by atoms with Crippen LogP contribution in [-0.4, -0.2) is 21.0 Å². The highest BCUT2D eigenvalue weighted by Gasteiger charge is 2.29. The molecule has 1 aliphatic rings. The largest absolute Gasteiger partial charge is 0.508 e. The molecule has 27 heavy (non-hydrogen) atoms. The van der Waals surface area contributed by atoms with Crippen LogP contribution < -0.4 is 10.2 Å². The average Bonchev–Trinajstić information content (AvgIpc) is 2.67. The van der Waals surface area contributed by atoms with Gasteiger partial charge < -0.3 is 20.1 Å². The van der Waals surface area contributed by atoms with Crippen molar-refractivity contribution in [2.75, 3.05) is 5.43 Å². The molecule has 3 aromatic rings. The average molecular weight is 362 g/mol. The number of hydrazone groups is 1. The highest BCUT2D eigenvalue weighted by molar-refractivity contribution is 6.06. The highest BCUT2D eigenvalue weighted by Crippen LogP contribution is 2.42. The second kappa shape index (κ2) is 6.92. The summed E-state index contributed by atoms with van der Waals surface area (Å²) < 4.78 is 5.99. The number of hydrogen-bond donors (Lipinski definition) is 4. The maximum atomic E-state index is 10.3. The van der Waals surface area contributed by atoms with E-state index in [1.807, 2.05) is 30.3 Å². The van der Waals surface area contributed by atoms with Gasteiger partial charge in [0.2, 0.25) is 0 Å². The maximum Gasteiger partial charge on any atom is 0.136 e. The number of rotatable bonds is 3. The minimum absolute atomic E-state index is 0.0898. The molecule has 1 aliphatic heterocycles. The number of hydrogen-bond acceptors (Lipinski definition) is 6. The zero-order valence-electron chi connectivity index (χ0n) is 14.3. The topological polar surface area (TPSA) is 94.3 Å². The first-order valence-electron chi connectivity index (χ1n) is 8.50. The van der Waals surface area contributed by atoms with Crippen molar-refractivity contribution in [1.29, 1.82) is 0 Å². The van der Waals surface area contributed by atoms with Crippen molar-refractivity contribution < 1.29 is 20.1 Å². The predicted octanol–water partition coefficient (Wildman–Crippen LogP) is 4.14. The van der Waals surface area contributed by atoms with Crippen LogP contribution in [0.2, 0.25) is 0 Å². The summed E-state index contributed by atoms with van der Waals surface area (Å²) in [6.45, 7) is 0. The fourth-order valence-corrected chi connectivity index (χ4v) is 3.06. The monoisotopic (exact) mass is 362 g/mol. The quantitative estimate of drug-likeness (QED) is 0.525. The Kier molecular flexibility index (Phi) is 4.30. The number of aromatic hydroxyl groups is 3. The fraction of sp³-hybridized carbons (Fsp3) is 0.0952. The van der Waals surface area contributed by atoms with Gasteiger partial charge in [-0.15, -0.1) is 0 Å². The first-order chi connectivity index (χ1) is 13.1. The van der Waals surface area contributed by atoms with Crippen molar-refractivity contribution in [2.45, 2.75) is 12.5 Å². The lowest BCUT2D eigenvalue weighted by molar-refractivity contribution is 0.204. The van der Waals surface area contributed by atoms with Crippen LogP contribution in [-0.2, 0) is 0 Å². The van der Waals surface area contributed by atoms with Crippen LogP contribution in [0.4, 0.5) is 5.69 Å². The molecular formula is C21H18N2O4. The van der Waals surface area contributed by atoms with E-state index in [2.05, 4.69) is 10.5 Å². The normalized spacial score (nSPS) is 17.2. The molecular weight excluding hydrogens is 344 g/mol.